The molecule has 1 aliphatic heterocycles. The van der Waals surface area contributed by atoms with E-state index in [0.717, 1.165) is 31.9 Å². The quantitative estimate of drug-likeness (QED) is 0.919. The standard InChI is InChI=1S/C17H22N4O/c1-2-20-11-9-18-16(20)12-19-17(22)14-8-10-21(13-14)15-6-4-3-5-7-15/h3-7,9,11,14H,2,8,10,12-13H2,1H3,(H,19,22). The van der Waals surface area contributed by atoms with Crippen molar-refractivity contribution in [2.75, 3.05) is 18.0 Å². The molecular weight excluding hydrogens is 276 g/mol. The van der Waals surface area contributed by atoms with Crippen LogP contribution in [0.2, 0.25) is 0 Å². The number of hydrogen-bond donors (Lipinski definition) is 1. The van der Waals surface area contributed by atoms with Crippen LogP contribution in [0.5, 0.6) is 0 Å². The number of para-hydroxylation sites is 1. The van der Waals surface area contributed by atoms with Gasteiger partial charge in [0.25, 0.3) is 0 Å². The molecule has 3 rings (SSSR count). The van der Waals surface area contributed by atoms with E-state index in [2.05, 4.69) is 34.3 Å². The zero-order valence-electron chi connectivity index (χ0n) is 12.9. The third-order valence-corrected chi connectivity index (χ3v) is 4.24. The van der Waals surface area contributed by atoms with Crippen molar-refractivity contribution in [3.8, 4) is 0 Å². The molecule has 1 aliphatic rings. The molecule has 1 aromatic heterocycles. The van der Waals surface area contributed by atoms with Crippen molar-refractivity contribution >= 4 is 11.6 Å². The van der Waals surface area contributed by atoms with Gasteiger partial charge in [0, 0.05) is 37.7 Å². The van der Waals surface area contributed by atoms with E-state index in [9.17, 15) is 4.79 Å². The van der Waals surface area contributed by atoms with E-state index < -0.39 is 0 Å². The maximum atomic E-state index is 12.3. The Balaban J connectivity index is 1.53. The van der Waals surface area contributed by atoms with Gasteiger partial charge in [-0.2, -0.15) is 0 Å². The molecule has 2 aromatic rings. The molecule has 1 unspecified atom stereocenters. The van der Waals surface area contributed by atoms with Crippen molar-refractivity contribution in [2.24, 2.45) is 5.92 Å². The van der Waals surface area contributed by atoms with Gasteiger partial charge in [0.1, 0.15) is 5.82 Å². The number of amides is 1. The summed E-state index contributed by atoms with van der Waals surface area (Å²) in [6.45, 7) is 5.17. The Hall–Kier alpha value is -2.30. The Bertz CT molecular complexity index is 623. The molecule has 0 saturated carbocycles. The van der Waals surface area contributed by atoms with Crippen molar-refractivity contribution in [1.82, 2.24) is 14.9 Å². The predicted molar refractivity (Wildman–Crippen MR) is 86.5 cm³/mol. The van der Waals surface area contributed by atoms with Crippen LogP contribution in [0, 0.1) is 5.92 Å². The van der Waals surface area contributed by atoms with Gasteiger partial charge >= 0.3 is 0 Å². The number of anilines is 1. The normalized spacial score (nSPS) is 17.7. The minimum absolute atomic E-state index is 0.0604. The zero-order valence-corrected chi connectivity index (χ0v) is 12.9. The highest BCUT2D eigenvalue weighted by atomic mass is 16.1. The lowest BCUT2D eigenvalue weighted by molar-refractivity contribution is -0.124. The van der Waals surface area contributed by atoms with Crippen LogP contribution in [-0.2, 0) is 17.9 Å². The number of hydrogen-bond acceptors (Lipinski definition) is 3. The van der Waals surface area contributed by atoms with E-state index in [1.807, 2.05) is 29.0 Å². The molecule has 1 atom stereocenters. The number of imidazole rings is 1. The summed E-state index contributed by atoms with van der Waals surface area (Å²) in [7, 11) is 0. The van der Waals surface area contributed by atoms with E-state index >= 15 is 0 Å². The van der Waals surface area contributed by atoms with Gasteiger partial charge in [-0.05, 0) is 25.5 Å². The van der Waals surface area contributed by atoms with Crippen LogP contribution >= 0.6 is 0 Å². The first kappa shape index (κ1) is 14.6. The summed E-state index contributed by atoms with van der Waals surface area (Å²) in [5, 5.41) is 3.02. The highest BCUT2D eigenvalue weighted by Crippen LogP contribution is 2.23. The van der Waals surface area contributed by atoms with Gasteiger partial charge in [-0.15, -0.1) is 0 Å². The van der Waals surface area contributed by atoms with E-state index in [-0.39, 0.29) is 11.8 Å². The monoisotopic (exact) mass is 298 g/mol. The van der Waals surface area contributed by atoms with Crippen molar-refractivity contribution in [3.63, 3.8) is 0 Å². The third-order valence-electron chi connectivity index (χ3n) is 4.24. The Morgan fingerprint density at radius 1 is 1.36 bits per heavy atom. The number of aromatic nitrogens is 2. The largest absolute Gasteiger partial charge is 0.371 e. The number of aryl methyl sites for hydroxylation is 1. The molecule has 0 aliphatic carbocycles. The lowest BCUT2D eigenvalue weighted by Crippen LogP contribution is -2.33. The van der Waals surface area contributed by atoms with Crippen molar-refractivity contribution in [3.05, 3.63) is 48.5 Å². The number of nitrogens with one attached hydrogen (secondary N) is 1. The first-order valence-corrected chi connectivity index (χ1v) is 7.85. The smallest absolute Gasteiger partial charge is 0.225 e. The van der Waals surface area contributed by atoms with Crippen LogP contribution in [0.4, 0.5) is 5.69 Å². The van der Waals surface area contributed by atoms with E-state index in [1.165, 1.54) is 5.69 Å². The molecule has 1 saturated heterocycles. The van der Waals surface area contributed by atoms with Gasteiger partial charge in [0.2, 0.25) is 5.91 Å². The van der Waals surface area contributed by atoms with Crippen LogP contribution in [-0.4, -0.2) is 28.5 Å². The summed E-state index contributed by atoms with van der Waals surface area (Å²) in [4.78, 5) is 18.9. The minimum atomic E-state index is 0.0604. The van der Waals surface area contributed by atoms with Gasteiger partial charge in [0.15, 0.2) is 0 Å². The summed E-state index contributed by atoms with van der Waals surface area (Å²) in [5.41, 5.74) is 1.19. The number of carbonyl (C=O) groups excluding carboxylic acids is 1. The molecule has 2 heterocycles. The molecule has 0 spiro atoms. The molecule has 1 aromatic carbocycles. The van der Waals surface area contributed by atoms with Crippen LogP contribution in [0.25, 0.3) is 0 Å². The van der Waals surface area contributed by atoms with Gasteiger partial charge in [0.05, 0.1) is 12.5 Å². The molecule has 1 fully saturated rings. The highest BCUT2D eigenvalue weighted by Gasteiger charge is 2.28. The molecule has 5 nitrogen and oxygen atoms in total. The fourth-order valence-corrected chi connectivity index (χ4v) is 2.95. The average Bonchev–Trinajstić information content (AvgIpc) is 3.22. The third kappa shape index (κ3) is 3.13. The first-order chi connectivity index (χ1) is 10.8. The fourth-order valence-electron chi connectivity index (χ4n) is 2.95. The van der Waals surface area contributed by atoms with Crippen LogP contribution in [0.3, 0.4) is 0 Å². The summed E-state index contributed by atoms with van der Waals surface area (Å²) >= 11 is 0. The Kier molecular flexibility index (Phi) is 4.42. The Morgan fingerprint density at radius 2 is 2.18 bits per heavy atom. The summed E-state index contributed by atoms with van der Waals surface area (Å²) in [5.74, 6) is 1.10. The second-order valence-corrected chi connectivity index (χ2v) is 5.61. The van der Waals surface area contributed by atoms with Crippen molar-refractivity contribution in [2.45, 2.75) is 26.4 Å². The second kappa shape index (κ2) is 6.64. The number of benzene rings is 1. The van der Waals surface area contributed by atoms with Crippen molar-refractivity contribution in [1.29, 1.82) is 0 Å². The molecule has 5 heteroatoms. The molecule has 1 amide bonds. The number of nitrogens with zero attached hydrogens (tertiary/aromatic N) is 3. The Labute approximate surface area is 131 Å². The van der Waals surface area contributed by atoms with Gasteiger partial charge < -0.3 is 14.8 Å². The first-order valence-electron chi connectivity index (χ1n) is 7.85. The maximum Gasteiger partial charge on any atom is 0.225 e. The lowest BCUT2D eigenvalue weighted by Gasteiger charge is -2.18. The predicted octanol–water partition coefficient (Wildman–Crippen LogP) is 2.05. The van der Waals surface area contributed by atoms with Crippen molar-refractivity contribution < 1.29 is 4.79 Å². The fraction of sp³-hybridized carbons (Fsp3) is 0.412. The van der Waals surface area contributed by atoms with Crippen LogP contribution in [0.1, 0.15) is 19.2 Å². The topological polar surface area (TPSA) is 50.2 Å². The second-order valence-electron chi connectivity index (χ2n) is 5.61. The molecule has 116 valence electrons. The minimum Gasteiger partial charge on any atom is -0.371 e. The summed E-state index contributed by atoms with van der Waals surface area (Å²) in [6.07, 6.45) is 4.62. The van der Waals surface area contributed by atoms with E-state index in [0.29, 0.717) is 6.54 Å². The number of rotatable bonds is 5. The summed E-state index contributed by atoms with van der Waals surface area (Å²) < 4.78 is 2.05. The maximum absolute atomic E-state index is 12.3. The van der Waals surface area contributed by atoms with Gasteiger partial charge in [-0.1, -0.05) is 18.2 Å². The Morgan fingerprint density at radius 3 is 2.95 bits per heavy atom. The van der Waals surface area contributed by atoms with Gasteiger partial charge in [-0.3, -0.25) is 4.79 Å². The summed E-state index contributed by atoms with van der Waals surface area (Å²) in [6, 6.07) is 10.3. The van der Waals surface area contributed by atoms with Crippen LogP contribution < -0.4 is 10.2 Å². The molecule has 0 radical (unpaired) electrons. The SMILES string of the molecule is CCn1ccnc1CNC(=O)C1CCN(c2ccccc2)C1. The zero-order chi connectivity index (χ0) is 15.4. The molecular formula is C17H22N4O. The molecule has 22 heavy (non-hydrogen) atoms. The van der Waals surface area contributed by atoms with E-state index in [1.54, 1.807) is 6.20 Å². The molecule has 0 bridgehead atoms. The number of carbonyl (C=O) groups is 1. The van der Waals surface area contributed by atoms with Gasteiger partial charge in [-0.25, -0.2) is 4.98 Å². The highest BCUT2D eigenvalue weighted by molar-refractivity contribution is 5.80. The molecule has 1 N–H and O–H groups in total. The average molecular weight is 298 g/mol. The van der Waals surface area contributed by atoms with Crippen LogP contribution in [0.15, 0.2) is 42.7 Å². The van der Waals surface area contributed by atoms with E-state index in [4.69, 9.17) is 0 Å². The lowest BCUT2D eigenvalue weighted by atomic mass is 10.1.